The molecule has 1 aromatic rings. The average molecular weight is 267 g/mol. The Morgan fingerprint density at radius 2 is 2.00 bits per heavy atom. The van der Waals surface area contributed by atoms with Crippen LogP contribution >= 0.6 is 11.6 Å². The van der Waals surface area contributed by atoms with Gasteiger partial charge in [-0.05, 0) is 30.5 Å². The highest BCUT2D eigenvalue weighted by Gasteiger charge is 2.37. The molecule has 0 spiro atoms. The Balaban J connectivity index is 1.75. The highest BCUT2D eigenvalue weighted by molar-refractivity contribution is 6.30. The first-order valence-electron chi connectivity index (χ1n) is 6.56. The molecule has 3 rings (SSSR count). The molecule has 4 heteroatoms. The minimum absolute atomic E-state index is 0.333. The van der Waals surface area contributed by atoms with Crippen molar-refractivity contribution in [2.45, 2.75) is 37.5 Å². The van der Waals surface area contributed by atoms with Crippen molar-refractivity contribution in [3.63, 3.8) is 0 Å². The van der Waals surface area contributed by atoms with Crippen molar-refractivity contribution in [1.82, 2.24) is 4.90 Å². The van der Waals surface area contributed by atoms with Crippen molar-refractivity contribution in [3.8, 4) is 0 Å². The van der Waals surface area contributed by atoms with Gasteiger partial charge in [-0.3, -0.25) is 4.90 Å². The topological polar surface area (TPSA) is 38.5 Å². The maximum atomic E-state index is 6.10. The Labute approximate surface area is 113 Å². The summed E-state index contributed by atoms with van der Waals surface area (Å²) >= 11 is 6.04. The number of benzene rings is 1. The van der Waals surface area contributed by atoms with E-state index in [2.05, 4.69) is 11.0 Å². The SMILES string of the molecule is NC1CC2COCC(C1)N2Cc1cccc(Cl)c1. The van der Waals surface area contributed by atoms with Gasteiger partial charge < -0.3 is 10.5 Å². The molecule has 2 heterocycles. The fourth-order valence-corrected chi connectivity index (χ4v) is 3.35. The highest BCUT2D eigenvalue weighted by atomic mass is 35.5. The van der Waals surface area contributed by atoms with Crippen molar-refractivity contribution in [3.05, 3.63) is 34.9 Å². The molecular weight excluding hydrogens is 248 g/mol. The van der Waals surface area contributed by atoms with E-state index >= 15 is 0 Å². The zero-order chi connectivity index (χ0) is 12.5. The molecule has 98 valence electrons. The lowest BCUT2D eigenvalue weighted by molar-refractivity contribution is -0.0819. The summed E-state index contributed by atoms with van der Waals surface area (Å²) < 4.78 is 5.65. The standard InChI is InChI=1S/C14H19ClN2O/c15-11-3-1-2-10(4-11)7-17-13-5-12(16)6-14(17)9-18-8-13/h1-4,12-14H,5-9,16H2. The van der Waals surface area contributed by atoms with Gasteiger partial charge in [-0.2, -0.15) is 0 Å². The van der Waals surface area contributed by atoms with Crippen LogP contribution in [0.25, 0.3) is 0 Å². The second-order valence-corrected chi connectivity index (χ2v) is 5.82. The van der Waals surface area contributed by atoms with Crippen LogP contribution in [-0.4, -0.2) is 36.2 Å². The number of rotatable bonds is 2. The van der Waals surface area contributed by atoms with E-state index in [1.807, 2.05) is 18.2 Å². The van der Waals surface area contributed by atoms with Gasteiger partial charge in [0.05, 0.1) is 13.2 Å². The molecule has 1 aromatic carbocycles. The quantitative estimate of drug-likeness (QED) is 0.890. The average Bonchev–Trinajstić information content (AvgIpc) is 2.30. The summed E-state index contributed by atoms with van der Waals surface area (Å²) in [5.74, 6) is 0. The van der Waals surface area contributed by atoms with Gasteiger partial charge in [0.2, 0.25) is 0 Å². The lowest BCUT2D eigenvalue weighted by Gasteiger charge is -2.47. The van der Waals surface area contributed by atoms with Gasteiger partial charge in [-0.1, -0.05) is 23.7 Å². The molecule has 0 amide bonds. The summed E-state index contributed by atoms with van der Waals surface area (Å²) in [6.07, 6.45) is 2.08. The molecule has 2 unspecified atom stereocenters. The number of fused-ring (bicyclic) bond motifs is 2. The summed E-state index contributed by atoms with van der Waals surface area (Å²) in [6.45, 7) is 2.57. The van der Waals surface area contributed by atoms with Gasteiger partial charge in [-0.15, -0.1) is 0 Å². The summed E-state index contributed by atoms with van der Waals surface area (Å²) in [5.41, 5.74) is 7.37. The van der Waals surface area contributed by atoms with Crippen LogP contribution in [0.2, 0.25) is 5.02 Å². The number of hydrogen-bond acceptors (Lipinski definition) is 3. The number of piperidine rings is 1. The van der Waals surface area contributed by atoms with E-state index in [0.717, 1.165) is 37.6 Å². The van der Waals surface area contributed by atoms with Crippen LogP contribution in [0.15, 0.2) is 24.3 Å². The molecule has 0 aromatic heterocycles. The van der Waals surface area contributed by atoms with E-state index in [9.17, 15) is 0 Å². The van der Waals surface area contributed by atoms with Crippen LogP contribution in [-0.2, 0) is 11.3 Å². The molecule has 2 atom stereocenters. The van der Waals surface area contributed by atoms with Crippen molar-refractivity contribution < 1.29 is 4.74 Å². The van der Waals surface area contributed by atoms with Crippen molar-refractivity contribution in [2.24, 2.45) is 5.73 Å². The second-order valence-electron chi connectivity index (χ2n) is 5.38. The third kappa shape index (κ3) is 2.54. The molecular formula is C14H19ClN2O. The van der Waals surface area contributed by atoms with Gasteiger partial charge in [0.15, 0.2) is 0 Å². The van der Waals surface area contributed by atoms with Crippen LogP contribution in [0.1, 0.15) is 18.4 Å². The molecule has 0 radical (unpaired) electrons. The second kappa shape index (κ2) is 5.17. The van der Waals surface area contributed by atoms with Crippen LogP contribution < -0.4 is 5.73 Å². The van der Waals surface area contributed by atoms with Gasteiger partial charge in [-0.25, -0.2) is 0 Å². The fraction of sp³-hybridized carbons (Fsp3) is 0.571. The third-order valence-corrected chi connectivity index (χ3v) is 4.20. The molecule has 2 aliphatic rings. The number of hydrogen-bond donors (Lipinski definition) is 1. The molecule has 2 aliphatic heterocycles. The Kier molecular flexibility index (Phi) is 3.57. The summed E-state index contributed by atoms with van der Waals surface area (Å²) in [7, 11) is 0. The Morgan fingerprint density at radius 1 is 1.28 bits per heavy atom. The number of halogens is 1. The smallest absolute Gasteiger partial charge is 0.0623 e. The van der Waals surface area contributed by atoms with Crippen LogP contribution in [0.3, 0.4) is 0 Å². The summed E-state index contributed by atoms with van der Waals surface area (Å²) in [4.78, 5) is 2.54. The van der Waals surface area contributed by atoms with E-state index in [4.69, 9.17) is 22.1 Å². The monoisotopic (exact) mass is 266 g/mol. The van der Waals surface area contributed by atoms with Crippen molar-refractivity contribution in [2.75, 3.05) is 13.2 Å². The van der Waals surface area contributed by atoms with Crippen LogP contribution in [0, 0.1) is 0 Å². The predicted octanol–water partition coefficient (Wildman–Crippen LogP) is 2.03. The number of ether oxygens (including phenoxy) is 1. The lowest BCUT2D eigenvalue weighted by atomic mass is 9.90. The van der Waals surface area contributed by atoms with E-state index in [1.54, 1.807) is 0 Å². The first-order valence-corrected chi connectivity index (χ1v) is 6.93. The van der Waals surface area contributed by atoms with Gasteiger partial charge >= 0.3 is 0 Å². The maximum absolute atomic E-state index is 6.10. The minimum Gasteiger partial charge on any atom is -0.378 e. The maximum Gasteiger partial charge on any atom is 0.0623 e. The molecule has 2 bridgehead atoms. The summed E-state index contributed by atoms with van der Waals surface area (Å²) in [5, 5.41) is 0.808. The molecule has 0 saturated carbocycles. The Hall–Kier alpha value is -0.610. The Bertz CT molecular complexity index is 412. The number of nitrogens with zero attached hydrogens (tertiary/aromatic N) is 1. The first-order chi connectivity index (χ1) is 8.72. The zero-order valence-electron chi connectivity index (χ0n) is 10.4. The van der Waals surface area contributed by atoms with Crippen molar-refractivity contribution >= 4 is 11.6 Å². The van der Waals surface area contributed by atoms with Gasteiger partial charge in [0.25, 0.3) is 0 Å². The normalized spacial score (nSPS) is 32.4. The van der Waals surface area contributed by atoms with Crippen molar-refractivity contribution in [1.29, 1.82) is 0 Å². The number of nitrogens with two attached hydrogens (primary N) is 1. The minimum atomic E-state index is 0.333. The molecule has 3 nitrogen and oxygen atoms in total. The number of morpholine rings is 1. The molecule has 0 aliphatic carbocycles. The van der Waals surface area contributed by atoms with E-state index in [1.165, 1.54) is 5.56 Å². The van der Waals surface area contributed by atoms with E-state index in [-0.39, 0.29) is 0 Å². The fourth-order valence-electron chi connectivity index (χ4n) is 3.14. The summed E-state index contributed by atoms with van der Waals surface area (Å²) in [6, 6.07) is 9.38. The third-order valence-electron chi connectivity index (χ3n) is 3.96. The van der Waals surface area contributed by atoms with E-state index in [0.29, 0.717) is 18.1 Å². The molecule has 18 heavy (non-hydrogen) atoms. The van der Waals surface area contributed by atoms with Gasteiger partial charge in [0, 0.05) is 29.7 Å². The van der Waals surface area contributed by atoms with Gasteiger partial charge in [0.1, 0.15) is 0 Å². The molecule has 2 saturated heterocycles. The highest BCUT2D eigenvalue weighted by Crippen LogP contribution is 2.28. The Morgan fingerprint density at radius 3 is 2.67 bits per heavy atom. The van der Waals surface area contributed by atoms with E-state index < -0.39 is 0 Å². The molecule has 2 fully saturated rings. The lowest BCUT2D eigenvalue weighted by Crippen LogP contribution is -2.58. The largest absolute Gasteiger partial charge is 0.378 e. The van der Waals surface area contributed by atoms with Crippen LogP contribution in [0.4, 0.5) is 0 Å². The molecule has 2 N–H and O–H groups in total. The first kappa shape index (κ1) is 12.4. The van der Waals surface area contributed by atoms with Crippen LogP contribution in [0.5, 0.6) is 0 Å². The zero-order valence-corrected chi connectivity index (χ0v) is 11.1. The predicted molar refractivity (Wildman–Crippen MR) is 72.6 cm³/mol.